The van der Waals surface area contributed by atoms with E-state index in [-0.39, 0.29) is 10.4 Å². The van der Waals surface area contributed by atoms with Gasteiger partial charge in [-0.25, -0.2) is 9.37 Å². The highest BCUT2D eigenvalue weighted by Gasteiger charge is 2.15. The van der Waals surface area contributed by atoms with Crippen LogP contribution in [0.3, 0.4) is 0 Å². The number of anilines is 1. The minimum atomic E-state index is -0.437. The lowest BCUT2D eigenvalue weighted by atomic mass is 9.90. The second kappa shape index (κ2) is 4.76. The predicted octanol–water partition coefficient (Wildman–Crippen LogP) is 4.20. The van der Waals surface area contributed by atoms with Crippen LogP contribution in [-0.2, 0) is 0 Å². The molecule has 0 saturated heterocycles. The van der Waals surface area contributed by atoms with Gasteiger partial charge < -0.3 is 10.3 Å². The molecule has 0 unspecified atom stereocenters. The van der Waals surface area contributed by atoms with Crippen molar-refractivity contribution in [2.45, 2.75) is 27.2 Å². The third-order valence-corrected chi connectivity index (χ3v) is 3.51. The zero-order valence-corrected chi connectivity index (χ0v) is 11.5. The highest BCUT2D eigenvalue weighted by Crippen LogP contribution is 2.24. The highest BCUT2D eigenvalue weighted by molar-refractivity contribution is 6.31. The Morgan fingerprint density at radius 1 is 1.44 bits per heavy atom. The van der Waals surface area contributed by atoms with E-state index in [0.29, 0.717) is 17.0 Å². The zero-order chi connectivity index (χ0) is 13.3. The standard InChI is InChI=1S/C13H17ClFN3/c1-4-13(2,3)7-16-12-17-10-5-8(14)9(15)6-11(10)18-12/h5-6H,4,7H2,1-3H3,(H2,16,17,18). The highest BCUT2D eigenvalue weighted by atomic mass is 35.5. The van der Waals surface area contributed by atoms with Crippen molar-refractivity contribution in [3.63, 3.8) is 0 Å². The average Bonchev–Trinajstić information content (AvgIpc) is 2.69. The summed E-state index contributed by atoms with van der Waals surface area (Å²) in [6.45, 7) is 7.31. The quantitative estimate of drug-likeness (QED) is 0.873. The smallest absolute Gasteiger partial charge is 0.201 e. The van der Waals surface area contributed by atoms with Gasteiger partial charge in [0, 0.05) is 12.6 Å². The number of nitrogens with zero attached hydrogens (tertiary/aromatic N) is 1. The third kappa shape index (κ3) is 2.75. The molecule has 0 fully saturated rings. The van der Waals surface area contributed by atoms with Crippen molar-refractivity contribution >= 4 is 28.6 Å². The van der Waals surface area contributed by atoms with Crippen LogP contribution in [0.25, 0.3) is 11.0 Å². The molecule has 2 aromatic rings. The van der Waals surface area contributed by atoms with Gasteiger partial charge in [-0.3, -0.25) is 0 Å². The van der Waals surface area contributed by atoms with Gasteiger partial charge in [0.05, 0.1) is 16.1 Å². The molecule has 0 aliphatic carbocycles. The molecular weight excluding hydrogens is 253 g/mol. The first-order valence-corrected chi connectivity index (χ1v) is 6.38. The number of hydrogen-bond acceptors (Lipinski definition) is 2. The molecule has 0 saturated carbocycles. The molecule has 0 bridgehead atoms. The first kappa shape index (κ1) is 13.1. The largest absolute Gasteiger partial charge is 0.355 e. The van der Waals surface area contributed by atoms with E-state index in [9.17, 15) is 4.39 Å². The summed E-state index contributed by atoms with van der Waals surface area (Å²) < 4.78 is 13.3. The van der Waals surface area contributed by atoms with E-state index in [1.54, 1.807) is 0 Å². The van der Waals surface area contributed by atoms with Crippen molar-refractivity contribution in [3.05, 3.63) is 23.0 Å². The van der Waals surface area contributed by atoms with Crippen LogP contribution in [0.1, 0.15) is 27.2 Å². The maximum absolute atomic E-state index is 13.3. The van der Waals surface area contributed by atoms with Crippen LogP contribution < -0.4 is 5.32 Å². The second-order valence-corrected chi connectivity index (χ2v) is 5.65. The number of aromatic amines is 1. The molecule has 98 valence electrons. The Labute approximate surface area is 111 Å². The zero-order valence-electron chi connectivity index (χ0n) is 10.8. The molecular formula is C13H17ClFN3. The molecule has 0 radical (unpaired) electrons. The minimum Gasteiger partial charge on any atom is -0.355 e. The number of fused-ring (bicyclic) bond motifs is 1. The van der Waals surface area contributed by atoms with Gasteiger partial charge in [0.15, 0.2) is 0 Å². The van der Waals surface area contributed by atoms with Gasteiger partial charge in [0.25, 0.3) is 0 Å². The fraction of sp³-hybridized carbons (Fsp3) is 0.462. The number of halogens is 2. The first-order chi connectivity index (χ1) is 8.41. The van der Waals surface area contributed by atoms with E-state index in [1.807, 2.05) is 0 Å². The summed E-state index contributed by atoms with van der Waals surface area (Å²) in [4.78, 5) is 7.37. The Bertz CT molecular complexity index is 524. The Morgan fingerprint density at radius 3 is 2.83 bits per heavy atom. The Kier molecular flexibility index (Phi) is 3.48. The normalized spacial score (nSPS) is 12.1. The fourth-order valence-electron chi connectivity index (χ4n) is 1.54. The summed E-state index contributed by atoms with van der Waals surface area (Å²) >= 11 is 5.72. The molecule has 2 N–H and O–H groups in total. The van der Waals surface area contributed by atoms with Crippen LogP contribution in [0, 0.1) is 11.2 Å². The number of H-pyrrole nitrogens is 1. The Morgan fingerprint density at radius 2 is 2.17 bits per heavy atom. The molecule has 3 nitrogen and oxygen atoms in total. The van der Waals surface area contributed by atoms with Gasteiger partial charge in [-0.15, -0.1) is 0 Å². The molecule has 0 aliphatic rings. The predicted molar refractivity (Wildman–Crippen MR) is 73.6 cm³/mol. The van der Waals surface area contributed by atoms with Crippen LogP contribution in [0.5, 0.6) is 0 Å². The lowest BCUT2D eigenvalue weighted by molar-refractivity contribution is 0.376. The van der Waals surface area contributed by atoms with Crippen LogP contribution in [0.15, 0.2) is 12.1 Å². The van der Waals surface area contributed by atoms with Crippen LogP contribution in [0.4, 0.5) is 10.3 Å². The summed E-state index contributed by atoms with van der Waals surface area (Å²) in [5, 5.41) is 3.32. The molecule has 0 spiro atoms. The summed E-state index contributed by atoms with van der Waals surface area (Å²) in [5.74, 6) is 0.210. The van der Waals surface area contributed by atoms with Crippen molar-refractivity contribution < 1.29 is 4.39 Å². The lowest BCUT2D eigenvalue weighted by Gasteiger charge is -2.22. The van der Waals surface area contributed by atoms with E-state index in [2.05, 4.69) is 36.1 Å². The molecule has 1 aromatic heterocycles. The summed E-state index contributed by atoms with van der Waals surface area (Å²) in [6, 6.07) is 2.89. The fourth-order valence-corrected chi connectivity index (χ4v) is 1.69. The van der Waals surface area contributed by atoms with Crippen molar-refractivity contribution in [2.24, 2.45) is 5.41 Å². The SMILES string of the molecule is CCC(C)(C)CNc1nc2cc(Cl)c(F)cc2[nH]1. The van der Waals surface area contributed by atoms with Crippen LogP contribution in [-0.4, -0.2) is 16.5 Å². The number of aromatic nitrogens is 2. The van der Waals surface area contributed by atoms with Crippen LogP contribution in [0.2, 0.25) is 5.02 Å². The monoisotopic (exact) mass is 269 g/mol. The van der Waals surface area contributed by atoms with Gasteiger partial charge >= 0.3 is 0 Å². The molecule has 1 heterocycles. The van der Waals surface area contributed by atoms with E-state index in [1.165, 1.54) is 12.1 Å². The van der Waals surface area contributed by atoms with Gasteiger partial charge in [-0.05, 0) is 17.9 Å². The van der Waals surface area contributed by atoms with Gasteiger partial charge in [-0.2, -0.15) is 0 Å². The van der Waals surface area contributed by atoms with Gasteiger partial charge in [-0.1, -0.05) is 32.4 Å². The number of hydrogen-bond donors (Lipinski definition) is 2. The number of nitrogens with one attached hydrogen (secondary N) is 2. The van der Waals surface area contributed by atoms with Crippen LogP contribution >= 0.6 is 11.6 Å². The Balaban J connectivity index is 2.20. The summed E-state index contributed by atoms with van der Waals surface area (Å²) in [6.07, 6.45) is 1.07. The third-order valence-electron chi connectivity index (χ3n) is 3.22. The number of imidazole rings is 1. The topological polar surface area (TPSA) is 40.7 Å². The number of rotatable bonds is 4. The van der Waals surface area contributed by atoms with Crippen molar-refractivity contribution in [1.82, 2.24) is 9.97 Å². The summed E-state index contributed by atoms with van der Waals surface area (Å²) in [5.41, 5.74) is 1.51. The van der Waals surface area contributed by atoms with E-state index in [4.69, 9.17) is 11.6 Å². The maximum Gasteiger partial charge on any atom is 0.201 e. The van der Waals surface area contributed by atoms with E-state index in [0.717, 1.165) is 13.0 Å². The molecule has 5 heteroatoms. The van der Waals surface area contributed by atoms with Crippen molar-refractivity contribution in [3.8, 4) is 0 Å². The van der Waals surface area contributed by atoms with Gasteiger partial charge in [0.2, 0.25) is 5.95 Å². The van der Waals surface area contributed by atoms with Crippen molar-refractivity contribution in [1.29, 1.82) is 0 Å². The van der Waals surface area contributed by atoms with Crippen molar-refractivity contribution in [2.75, 3.05) is 11.9 Å². The Hall–Kier alpha value is -1.29. The molecule has 0 amide bonds. The second-order valence-electron chi connectivity index (χ2n) is 5.24. The van der Waals surface area contributed by atoms with Gasteiger partial charge in [0.1, 0.15) is 5.82 Å². The lowest BCUT2D eigenvalue weighted by Crippen LogP contribution is -2.22. The first-order valence-electron chi connectivity index (χ1n) is 6.00. The maximum atomic E-state index is 13.3. The number of benzene rings is 1. The minimum absolute atomic E-state index is 0.0921. The molecule has 1 aromatic carbocycles. The summed E-state index contributed by atoms with van der Waals surface area (Å²) in [7, 11) is 0. The average molecular weight is 270 g/mol. The molecule has 18 heavy (non-hydrogen) atoms. The van der Waals surface area contributed by atoms with E-state index < -0.39 is 5.82 Å². The molecule has 2 rings (SSSR count). The molecule has 0 atom stereocenters. The molecule has 0 aliphatic heterocycles. The van der Waals surface area contributed by atoms with E-state index >= 15 is 0 Å².